The lowest BCUT2D eigenvalue weighted by molar-refractivity contribution is -0.114. The van der Waals surface area contributed by atoms with Gasteiger partial charge in [-0.1, -0.05) is 152 Å². The summed E-state index contributed by atoms with van der Waals surface area (Å²) >= 11 is 0. The Bertz CT molecular complexity index is 2020. The number of benzene rings is 4. The molecular formula is C52H60O8Si. The van der Waals surface area contributed by atoms with Gasteiger partial charge in [0.1, 0.15) is 23.0 Å². The SMILES string of the molecule is CCC(=O)/C(=C(/O)CC)c1ccc([Si](c2ccc(/C(C(=O)CC)=C(\O)CC)cc2)(c2ccc(/C(C(=O)CC)=C(\O)CC)cc2)c2ccc(/C(C(=O)CC)=C(\O)CC)cc2)cc1. The van der Waals surface area contributed by atoms with E-state index < -0.39 is 8.07 Å². The highest BCUT2D eigenvalue weighted by atomic mass is 28.3. The summed E-state index contributed by atoms with van der Waals surface area (Å²) in [5.41, 5.74) is 3.38. The zero-order valence-electron chi connectivity index (χ0n) is 36.8. The molecule has 320 valence electrons. The molecular weight excluding hydrogens is 781 g/mol. The minimum atomic E-state index is -3.47. The fourth-order valence-corrected chi connectivity index (χ4v) is 12.6. The summed E-state index contributed by atoms with van der Waals surface area (Å²) in [4.78, 5) is 52.8. The van der Waals surface area contributed by atoms with E-state index in [1.54, 1.807) is 55.4 Å². The molecule has 61 heavy (non-hydrogen) atoms. The molecule has 0 aliphatic heterocycles. The topological polar surface area (TPSA) is 149 Å². The number of hydrogen-bond donors (Lipinski definition) is 4. The van der Waals surface area contributed by atoms with E-state index in [0.717, 1.165) is 20.7 Å². The Morgan fingerprint density at radius 2 is 0.475 bits per heavy atom. The van der Waals surface area contributed by atoms with Crippen LogP contribution in [0.25, 0.3) is 22.3 Å². The van der Waals surface area contributed by atoms with Crippen LogP contribution in [-0.2, 0) is 19.2 Å². The van der Waals surface area contributed by atoms with Gasteiger partial charge in [-0.15, -0.1) is 0 Å². The van der Waals surface area contributed by atoms with Gasteiger partial charge in [-0.25, -0.2) is 0 Å². The molecule has 0 fully saturated rings. The quantitative estimate of drug-likeness (QED) is 0.0298. The maximum atomic E-state index is 13.2. The van der Waals surface area contributed by atoms with Crippen molar-refractivity contribution in [3.63, 3.8) is 0 Å². The number of carbonyl (C=O) groups excluding carboxylic acids is 4. The van der Waals surface area contributed by atoms with Crippen molar-refractivity contribution in [3.8, 4) is 0 Å². The monoisotopic (exact) mass is 840 g/mol. The van der Waals surface area contributed by atoms with Gasteiger partial charge in [-0.05, 0) is 43.0 Å². The number of aliphatic hydroxyl groups excluding tert-OH is 4. The summed E-state index contributed by atoms with van der Waals surface area (Å²) in [6.45, 7) is 14.2. The lowest BCUT2D eigenvalue weighted by Crippen LogP contribution is -2.74. The molecule has 0 atom stereocenters. The Kier molecular flexibility index (Phi) is 16.7. The maximum Gasteiger partial charge on any atom is 0.179 e. The van der Waals surface area contributed by atoms with Gasteiger partial charge in [-0.3, -0.25) is 19.2 Å². The first kappa shape index (κ1) is 47.6. The fraction of sp³-hybridized carbons (Fsp3) is 0.308. The molecule has 8 nitrogen and oxygen atoms in total. The molecule has 0 radical (unpaired) electrons. The minimum absolute atomic E-state index is 0.00678. The van der Waals surface area contributed by atoms with Gasteiger partial charge in [0.15, 0.2) is 31.2 Å². The highest BCUT2D eigenvalue weighted by molar-refractivity contribution is 7.19. The molecule has 4 aromatic carbocycles. The third-order valence-electron chi connectivity index (χ3n) is 11.3. The van der Waals surface area contributed by atoms with E-state index in [4.69, 9.17) is 0 Å². The van der Waals surface area contributed by atoms with Crippen LogP contribution in [0.4, 0.5) is 0 Å². The molecule has 0 heterocycles. The molecule has 0 saturated heterocycles. The summed E-state index contributed by atoms with van der Waals surface area (Å²) in [6, 6.07) is 30.6. The van der Waals surface area contributed by atoms with E-state index in [1.807, 2.05) is 97.1 Å². The van der Waals surface area contributed by atoms with Crippen molar-refractivity contribution in [2.75, 3.05) is 0 Å². The third kappa shape index (κ3) is 9.79. The molecule has 0 aromatic heterocycles. The summed E-state index contributed by atoms with van der Waals surface area (Å²) in [7, 11) is -3.47. The Hall–Kier alpha value is -6.06. The molecule has 0 aliphatic carbocycles. The molecule has 4 N–H and O–H groups in total. The molecule has 0 saturated carbocycles. The van der Waals surface area contributed by atoms with Crippen LogP contribution in [0.5, 0.6) is 0 Å². The van der Waals surface area contributed by atoms with Gasteiger partial charge in [-0.2, -0.15) is 0 Å². The number of allylic oxidation sites excluding steroid dienone is 8. The molecule has 0 aliphatic rings. The van der Waals surface area contributed by atoms with Gasteiger partial charge < -0.3 is 20.4 Å². The lowest BCUT2D eigenvalue weighted by atomic mass is 9.98. The normalized spacial score (nSPS) is 13.4. The van der Waals surface area contributed by atoms with Gasteiger partial charge in [0.25, 0.3) is 0 Å². The average Bonchev–Trinajstić information content (AvgIpc) is 3.30. The molecule has 0 amide bonds. The van der Waals surface area contributed by atoms with Crippen LogP contribution < -0.4 is 20.7 Å². The Balaban J connectivity index is 2.21. The van der Waals surface area contributed by atoms with E-state index in [9.17, 15) is 39.6 Å². The number of ketones is 4. The largest absolute Gasteiger partial charge is 0.512 e. The molecule has 4 aromatic rings. The predicted molar refractivity (Wildman–Crippen MR) is 251 cm³/mol. The third-order valence-corrected chi connectivity index (χ3v) is 16.1. The fourth-order valence-electron chi connectivity index (χ4n) is 7.92. The average molecular weight is 841 g/mol. The highest BCUT2D eigenvalue weighted by Crippen LogP contribution is 2.27. The second-order valence-corrected chi connectivity index (χ2v) is 18.7. The van der Waals surface area contributed by atoms with Crippen molar-refractivity contribution >= 4 is 74.2 Å². The van der Waals surface area contributed by atoms with Crippen LogP contribution in [0.1, 0.15) is 129 Å². The molecule has 9 heteroatoms. The van der Waals surface area contributed by atoms with Crippen molar-refractivity contribution in [1.82, 2.24) is 0 Å². The second kappa shape index (κ2) is 21.5. The van der Waals surface area contributed by atoms with Crippen LogP contribution in [0.15, 0.2) is 120 Å². The second-order valence-electron chi connectivity index (χ2n) is 14.9. The van der Waals surface area contributed by atoms with Crippen LogP contribution in [0, 0.1) is 0 Å². The van der Waals surface area contributed by atoms with E-state index in [-0.39, 0.29) is 120 Å². The lowest BCUT2D eigenvalue weighted by Gasteiger charge is -2.35. The zero-order valence-corrected chi connectivity index (χ0v) is 37.8. The Morgan fingerprint density at radius 3 is 0.607 bits per heavy atom. The first-order chi connectivity index (χ1) is 29.2. The first-order valence-corrected chi connectivity index (χ1v) is 23.5. The van der Waals surface area contributed by atoms with Gasteiger partial charge in [0.05, 0.1) is 22.3 Å². The van der Waals surface area contributed by atoms with Gasteiger partial charge >= 0.3 is 0 Å². The number of aliphatic hydroxyl groups is 4. The zero-order chi connectivity index (χ0) is 45.0. The van der Waals surface area contributed by atoms with Crippen molar-refractivity contribution < 1.29 is 39.6 Å². The number of rotatable bonds is 20. The number of carbonyl (C=O) groups is 4. The molecule has 0 bridgehead atoms. The first-order valence-electron chi connectivity index (χ1n) is 21.5. The smallest absolute Gasteiger partial charge is 0.179 e. The summed E-state index contributed by atoms with van der Waals surface area (Å²) < 4.78 is 0. The number of hydrogen-bond acceptors (Lipinski definition) is 8. The van der Waals surface area contributed by atoms with E-state index in [2.05, 4.69) is 0 Å². The van der Waals surface area contributed by atoms with Gasteiger partial charge in [0.2, 0.25) is 0 Å². The summed E-state index contributed by atoms with van der Waals surface area (Å²) in [5.74, 6) is -0.696. The van der Waals surface area contributed by atoms with Crippen molar-refractivity contribution in [3.05, 3.63) is 142 Å². The van der Waals surface area contributed by atoms with Crippen LogP contribution in [0.2, 0.25) is 0 Å². The summed E-state index contributed by atoms with van der Waals surface area (Å²) in [5, 5.41) is 47.3. The molecule has 0 unspecified atom stereocenters. The molecule has 4 rings (SSSR count). The van der Waals surface area contributed by atoms with Crippen molar-refractivity contribution in [2.24, 2.45) is 0 Å². The molecule has 0 spiro atoms. The highest BCUT2D eigenvalue weighted by Gasteiger charge is 2.42. The maximum absolute atomic E-state index is 13.2. The minimum Gasteiger partial charge on any atom is -0.512 e. The summed E-state index contributed by atoms with van der Waals surface area (Å²) in [6.07, 6.45) is 1.99. The van der Waals surface area contributed by atoms with Crippen molar-refractivity contribution in [2.45, 2.75) is 107 Å². The van der Waals surface area contributed by atoms with Crippen LogP contribution in [-0.4, -0.2) is 51.6 Å². The van der Waals surface area contributed by atoms with E-state index in [1.165, 1.54) is 0 Å². The van der Waals surface area contributed by atoms with E-state index in [0.29, 0.717) is 22.3 Å². The Morgan fingerprint density at radius 1 is 0.311 bits per heavy atom. The van der Waals surface area contributed by atoms with Crippen LogP contribution >= 0.6 is 0 Å². The van der Waals surface area contributed by atoms with Crippen molar-refractivity contribution in [1.29, 1.82) is 0 Å². The number of Topliss-reactive ketones (excluding diaryl/α,β-unsaturated/α-hetero) is 4. The Labute approximate surface area is 361 Å². The van der Waals surface area contributed by atoms with Gasteiger partial charge in [0, 0.05) is 51.4 Å². The predicted octanol–water partition coefficient (Wildman–Crippen LogP) is 9.70. The standard InChI is InChI=1S/C52H60O8Si/c1-9-41(53)49(42(54)10-2)33-17-25-37(26-18-33)61(38-27-19-34(20-28-38)50(43(55)11-3)44(56)12-4,39-29-21-35(22-30-39)51(45(57)13-5)46(58)14-6)40-31-23-36(24-32-40)52(47(59)15-7)48(60)16-8/h17-32,53,55,57,59H,9-16H2,1-8H3/b49-41+,50-43+,51-45+,52-47+. The van der Waals surface area contributed by atoms with Crippen LogP contribution in [0.3, 0.4) is 0 Å². The van der Waals surface area contributed by atoms with E-state index >= 15 is 0 Å².